The van der Waals surface area contributed by atoms with Crippen LogP contribution in [0.3, 0.4) is 0 Å². The van der Waals surface area contributed by atoms with E-state index in [1.54, 1.807) is 12.1 Å². The maximum absolute atomic E-state index is 12.4. The molecule has 1 aromatic carbocycles. The highest BCUT2D eigenvalue weighted by Crippen LogP contribution is 2.27. The summed E-state index contributed by atoms with van der Waals surface area (Å²) in [6, 6.07) is 7.04. The van der Waals surface area contributed by atoms with Crippen molar-refractivity contribution in [1.82, 2.24) is 0 Å². The number of ether oxygens (including phenoxy) is 2. The molecule has 8 nitrogen and oxygen atoms in total. The van der Waals surface area contributed by atoms with Crippen molar-refractivity contribution in [2.24, 2.45) is 0 Å². The molecule has 0 atom stereocenters. The van der Waals surface area contributed by atoms with Gasteiger partial charge in [0.05, 0.1) is 19.8 Å². The number of furan rings is 1. The molecule has 2 rings (SSSR count). The van der Waals surface area contributed by atoms with Gasteiger partial charge in [-0.3, -0.25) is 14.9 Å². The Morgan fingerprint density at radius 2 is 1.89 bits per heavy atom. The lowest BCUT2D eigenvalue weighted by Gasteiger charge is -2.08. The van der Waals surface area contributed by atoms with Crippen LogP contribution in [0.2, 0.25) is 0 Å². The molecule has 8 heteroatoms. The second-order valence-electron chi connectivity index (χ2n) is 6.02. The first-order valence-corrected chi connectivity index (χ1v) is 8.41. The molecule has 0 unspecified atom stereocenters. The third-order valence-corrected chi connectivity index (χ3v) is 4.07. The van der Waals surface area contributed by atoms with Gasteiger partial charge in [-0.25, -0.2) is 4.79 Å². The van der Waals surface area contributed by atoms with Gasteiger partial charge in [0.2, 0.25) is 11.8 Å². The maximum atomic E-state index is 12.4. The van der Waals surface area contributed by atoms with Crippen LogP contribution in [0.1, 0.15) is 50.4 Å². The van der Waals surface area contributed by atoms with Gasteiger partial charge in [-0.1, -0.05) is 11.6 Å². The number of nitrogens with zero attached hydrogens (tertiary/aromatic N) is 1. The first kappa shape index (κ1) is 20.7. The van der Waals surface area contributed by atoms with Crippen LogP contribution in [0.15, 0.2) is 22.6 Å². The lowest BCUT2D eigenvalue weighted by Crippen LogP contribution is -2.14. The zero-order valence-electron chi connectivity index (χ0n) is 16.0. The fourth-order valence-corrected chi connectivity index (χ4v) is 2.68. The molecule has 0 saturated heterocycles. The van der Waals surface area contributed by atoms with Gasteiger partial charge in [0.15, 0.2) is 5.78 Å². The number of carbonyl (C=O) groups excluding carboxylic acids is 3. The molecule has 0 aliphatic carbocycles. The SMILES string of the molecule is COC(=O)c1c(C)oc(NC(=O)CCC(=O)c2cc(C)ccc2OC)c1C#N. The minimum absolute atomic E-state index is 0.0409. The molecule has 0 aliphatic heterocycles. The summed E-state index contributed by atoms with van der Waals surface area (Å²) in [5, 5.41) is 11.7. The Bertz CT molecular complexity index is 968. The van der Waals surface area contributed by atoms with Crippen molar-refractivity contribution in [3.05, 3.63) is 46.2 Å². The van der Waals surface area contributed by atoms with Crippen molar-refractivity contribution < 1.29 is 28.3 Å². The van der Waals surface area contributed by atoms with Gasteiger partial charge in [-0.2, -0.15) is 5.26 Å². The number of benzene rings is 1. The van der Waals surface area contributed by atoms with Crippen molar-refractivity contribution in [1.29, 1.82) is 5.26 Å². The molecule has 146 valence electrons. The van der Waals surface area contributed by atoms with Gasteiger partial charge < -0.3 is 13.9 Å². The zero-order chi connectivity index (χ0) is 20.8. The number of nitriles is 1. The Morgan fingerprint density at radius 3 is 2.50 bits per heavy atom. The lowest BCUT2D eigenvalue weighted by atomic mass is 10.0. The summed E-state index contributed by atoms with van der Waals surface area (Å²) < 4.78 is 15.1. The van der Waals surface area contributed by atoms with Gasteiger partial charge in [0.25, 0.3) is 0 Å². The summed E-state index contributed by atoms with van der Waals surface area (Å²) in [5.74, 6) is -1.07. The first-order chi connectivity index (χ1) is 13.3. The van der Waals surface area contributed by atoms with Crippen LogP contribution in [-0.4, -0.2) is 31.9 Å². The predicted molar refractivity (Wildman–Crippen MR) is 99.4 cm³/mol. The average Bonchev–Trinajstić information content (AvgIpc) is 3.00. The van der Waals surface area contributed by atoms with Crippen molar-refractivity contribution in [2.45, 2.75) is 26.7 Å². The fraction of sp³-hybridized carbons (Fsp3) is 0.300. The molecule has 1 heterocycles. The molecule has 1 amide bonds. The number of esters is 1. The van der Waals surface area contributed by atoms with Crippen molar-refractivity contribution in [3.8, 4) is 11.8 Å². The van der Waals surface area contributed by atoms with E-state index in [1.165, 1.54) is 21.1 Å². The predicted octanol–water partition coefficient (Wildman–Crippen LogP) is 3.16. The van der Waals surface area contributed by atoms with Crippen molar-refractivity contribution in [3.63, 3.8) is 0 Å². The number of amides is 1. The normalized spacial score (nSPS) is 10.1. The van der Waals surface area contributed by atoms with Gasteiger partial charge >= 0.3 is 5.97 Å². The molecule has 2 aromatic rings. The molecule has 1 N–H and O–H groups in total. The molecule has 0 saturated carbocycles. The number of rotatable bonds is 7. The minimum Gasteiger partial charge on any atom is -0.496 e. The zero-order valence-corrected chi connectivity index (χ0v) is 16.0. The number of carbonyl (C=O) groups is 3. The third kappa shape index (κ3) is 4.38. The highest BCUT2D eigenvalue weighted by Gasteiger charge is 2.25. The molecule has 0 fully saturated rings. The highest BCUT2D eigenvalue weighted by atomic mass is 16.5. The van der Waals surface area contributed by atoms with Crippen LogP contribution in [0.5, 0.6) is 5.75 Å². The van der Waals surface area contributed by atoms with Crippen molar-refractivity contribution in [2.75, 3.05) is 19.5 Å². The van der Waals surface area contributed by atoms with Crippen LogP contribution in [0.25, 0.3) is 0 Å². The summed E-state index contributed by atoms with van der Waals surface area (Å²) in [4.78, 5) is 36.4. The maximum Gasteiger partial charge on any atom is 0.342 e. The van der Waals surface area contributed by atoms with E-state index in [0.717, 1.165) is 5.56 Å². The summed E-state index contributed by atoms with van der Waals surface area (Å²) in [6.45, 7) is 3.33. The number of anilines is 1. The highest BCUT2D eigenvalue weighted by molar-refractivity contribution is 6.02. The van der Waals surface area contributed by atoms with E-state index >= 15 is 0 Å². The Hall–Kier alpha value is -3.60. The van der Waals surface area contributed by atoms with Crippen LogP contribution in [0, 0.1) is 25.2 Å². The van der Waals surface area contributed by atoms with E-state index in [4.69, 9.17) is 9.15 Å². The molecule has 0 radical (unpaired) electrons. The van der Waals surface area contributed by atoms with Crippen LogP contribution < -0.4 is 10.1 Å². The topological polar surface area (TPSA) is 119 Å². The van der Waals surface area contributed by atoms with Gasteiger partial charge in [0.1, 0.15) is 28.7 Å². The number of methoxy groups -OCH3 is 2. The summed E-state index contributed by atoms with van der Waals surface area (Å²) in [7, 11) is 2.65. The Balaban J connectivity index is 2.10. The number of aryl methyl sites for hydroxylation is 2. The smallest absolute Gasteiger partial charge is 0.342 e. The third-order valence-electron chi connectivity index (χ3n) is 4.07. The molecular formula is C20H20N2O6. The van der Waals surface area contributed by atoms with Crippen molar-refractivity contribution >= 4 is 23.5 Å². The number of ketones is 1. The lowest BCUT2D eigenvalue weighted by molar-refractivity contribution is -0.116. The molecule has 0 spiro atoms. The number of hydrogen-bond donors (Lipinski definition) is 1. The second-order valence-corrected chi connectivity index (χ2v) is 6.02. The largest absolute Gasteiger partial charge is 0.496 e. The number of Topliss-reactive ketones (excluding diaryl/α,β-unsaturated/α-hetero) is 1. The Labute approximate surface area is 162 Å². The summed E-state index contributed by atoms with van der Waals surface area (Å²) in [5.41, 5.74) is 1.13. The molecule has 0 aliphatic rings. The number of nitrogens with one attached hydrogen (secondary N) is 1. The standard InChI is InChI=1S/C20H20N2O6/c1-11-5-7-16(26-3)13(9-11)15(23)6-8-17(24)22-19-14(10-21)18(12(2)28-19)20(25)27-4/h5,7,9H,6,8H2,1-4H3,(H,22,24). The van der Waals surface area contributed by atoms with Gasteiger partial charge in [0, 0.05) is 12.8 Å². The minimum atomic E-state index is -0.736. The summed E-state index contributed by atoms with van der Waals surface area (Å²) >= 11 is 0. The van der Waals surface area contributed by atoms with Gasteiger partial charge in [-0.15, -0.1) is 0 Å². The molecular weight excluding hydrogens is 364 g/mol. The van der Waals surface area contributed by atoms with E-state index in [1.807, 2.05) is 19.1 Å². The van der Waals surface area contributed by atoms with Crippen LogP contribution >= 0.6 is 0 Å². The Morgan fingerprint density at radius 1 is 1.18 bits per heavy atom. The number of hydrogen-bond acceptors (Lipinski definition) is 7. The van der Waals surface area contributed by atoms with Gasteiger partial charge in [-0.05, 0) is 26.0 Å². The average molecular weight is 384 g/mol. The van der Waals surface area contributed by atoms with E-state index in [9.17, 15) is 19.6 Å². The van der Waals surface area contributed by atoms with E-state index < -0.39 is 11.9 Å². The quantitative estimate of drug-likeness (QED) is 0.575. The first-order valence-electron chi connectivity index (χ1n) is 8.41. The monoisotopic (exact) mass is 384 g/mol. The van der Waals surface area contributed by atoms with Crippen LogP contribution in [0.4, 0.5) is 5.88 Å². The second kappa shape index (κ2) is 8.86. The van der Waals surface area contributed by atoms with Crippen LogP contribution in [-0.2, 0) is 9.53 Å². The summed E-state index contributed by atoms with van der Waals surface area (Å²) in [6.07, 6.45) is -0.189. The Kier molecular flexibility index (Phi) is 6.55. The van der Waals surface area contributed by atoms with E-state index in [2.05, 4.69) is 10.1 Å². The molecule has 1 aromatic heterocycles. The van der Waals surface area contributed by atoms with E-state index in [-0.39, 0.29) is 41.4 Å². The molecule has 28 heavy (non-hydrogen) atoms. The fourth-order valence-electron chi connectivity index (χ4n) is 2.68. The molecule has 0 bridgehead atoms. The van der Waals surface area contributed by atoms with E-state index in [0.29, 0.717) is 11.3 Å².